The Hall–Kier alpha value is -0.160. The molecule has 0 spiro atoms. The Morgan fingerprint density at radius 1 is 1.39 bits per heavy atom. The number of rotatable bonds is 5. The number of nitrogens with zero attached hydrogens (tertiary/aromatic N) is 1. The van der Waals surface area contributed by atoms with Gasteiger partial charge in [-0.3, -0.25) is 4.90 Å². The highest BCUT2D eigenvalue weighted by molar-refractivity contribution is 5.07. The van der Waals surface area contributed by atoms with Crippen molar-refractivity contribution in [2.75, 3.05) is 26.3 Å². The molecule has 2 N–H and O–H groups in total. The fraction of sp³-hybridized carbons (Fsp3) is 1.00. The summed E-state index contributed by atoms with van der Waals surface area (Å²) in [5.74, 6) is 0. The molecule has 1 saturated carbocycles. The number of nitrogens with two attached hydrogens (primary N) is 1. The van der Waals surface area contributed by atoms with Crippen molar-refractivity contribution in [2.24, 2.45) is 5.73 Å². The first-order valence-electron chi connectivity index (χ1n) is 7.35. The van der Waals surface area contributed by atoms with Crippen LogP contribution in [0.4, 0.5) is 0 Å². The van der Waals surface area contributed by atoms with E-state index in [-0.39, 0.29) is 5.54 Å². The minimum atomic E-state index is 0.165. The molecule has 4 nitrogen and oxygen atoms in total. The van der Waals surface area contributed by atoms with Crippen molar-refractivity contribution >= 4 is 0 Å². The number of morpholine rings is 1. The quantitative estimate of drug-likeness (QED) is 0.807. The summed E-state index contributed by atoms with van der Waals surface area (Å²) in [6.07, 6.45) is 4.03. The lowest BCUT2D eigenvalue weighted by molar-refractivity contribution is -0.159. The van der Waals surface area contributed by atoms with Gasteiger partial charge in [0.2, 0.25) is 0 Å². The van der Waals surface area contributed by atoms with Crippen LogP contribution in [0.1, 0.15) is 40.0 Å². The van der Waals surface area contributed by atoms with Crippen LogP contribution < -0.4 is 5.73 Å². The molecule has 0 radical (unpaired) electrons. The van der Waals surface area contributed by atoms with E-state index in [2.05, 4.69) is 25.7 Å². The van der Waals surface area contributed by atoms with Gasteiger partial charge >= 0.3 is 0 Å². The maximum absolute atomic E-state index is 6.08. The molecule has 2 atom stereocenters. The first-order valence-corrected chi connectivity index (χ1v) is 7.35. The van der Waals surface area contributed by atoms with Crippen LogP contribution in [0.15, 0.2) is 0 Å². The number of hydrogen-bond donors (Lipinski definition) is 1. The summed E-state index contributed by atoms with van der Waals surface area (Å²) in [5, 5.41) is 0. The maximum atomic E-state index is 6.08. The standard InChI is InChI=1S/C14H28N2O2/c1-4-12-9-18-11(3)8-16(12)14(10-15)6-13(7-14)17-5-2/h11-13H,4-10,15H2,1-3H3. The van der Waals surface area contributed by atoms with Crippen molar-refractivity contribution in [1.29, 1.82) is 0 Å². The SMILES string of the molecule is CCOC1CC(CN)(N2CC(C)OCC2CC)C1. The predicted molar refractivity (Wildman–Crippen MR) is 72.6 cm³/mol. The molecule has 2 aliphatic rings. The van der Waals surface area contributed by atoms with Gasteiger partial charge in [-0.15, -0.1) is 0 Å². The van der Waals surface area contributed by atoms with Crippen LogP contribution in [0.3, 0.4) is 0 Å². The average Bonchev–Trinajstić information content (AvgIpc) is 2.33. The Labute approximate surface area is 111 Å². The summed E-state index contributed by atoms with van der Waals surface area (Å²) in [7, 11) is 0. The van der Waals surface area contributed by atoms with E-state index < -0.39 is 0 Å². The third-order valence-corrected chi connectivity index (χ3v) is 4.55. The third kappa shape index (κ3) is 2.57. The van der Waals surface area contributed by atoms with Gasteiger partial charge in [-0.2, -0.15) is 0 Å². The van der Waals surface area contributed by atoms with Crippen LogP contribution in [-0.2, 0) is 9.47 Å². The van der Waals surface area contributed by atoms with Crippen LogP contribution in [-0.4, -0.2) is 55.0 Å². The molecule has 106 valence electrons. The Morgan fingerprint density at radius 2 is 2.11 bits per heavy atom. The van der Waals surface area contributed by atoms with E-state index in [1.165, 1.54) is 0 Å². The Kier molecular flexibility index (Phi) is 4.64. The molecule has 0 aromatic carbocycles. The molecular weight excluding hydrogens is 228 g/mol. The van der Waals surface area contributed by atoms with Crippen LogP contribution in [0.25, 0.3) is 0 Å². The fourth-order valence-electron chi connectivity index (χ4n) is 3.42. The van der Waals surface area contributed by atoms with E-state index in [1.807, 2.05) is 0 Å². The van der Waals surface area contributed by atoms with Crippen LogP contribution in [0, 0.1) is 0 Å². The lowest BCUT2D eigenvalue weighted by Gasteiger charge is -2.58. The fourth-order valence-corrected chi connectivity index (χ4v) is 3.42. The molecule has 1 saturated heterocycles. The zero-order valence-corrected chi connectivity index (χ0v) is 12.0. The third-order valence-electron chi connectivity index (χ3n) is 4.55. The lowest BCUT2D eigenvalue weighted by Crippen LogP contribution is -2.69. The second kappa shape index (κ2) is 5.87. The molecule has 2 rings (SSSR count). The largest absolute Gasteiger partial charge is 0.378 e. The van der Waals surface area contributed by atoms with Gasteiger partial charge in [-0.25, -0.2) is 0 Å². The summed E-state index contributed by atoms with van der Waals surface area (Å²) in [5.41, 5.74) is 6.25. The van der Waals surface area contributed by atoms with Crippen molar-refractivity contribution < 1.29 is 9.47 Å². The molecule has 0 aromatic rings. The molecule has 0 amide bonds. The normalized spacial score (nSPS) is 41.7. The summed E-state index contributed by atoms with van der Waals surface area (Å²) in [6.45, 7) is 9.85. The zero-order valence-electron chi connectivity index (χ0n) is 12.0. The van der Waals surface area contributed by atoms with Gasteiger partial charge in [-0.05, 0) is 33.1 Å². The van der Waals surface area contributed by atoms with Gasteiger partial charge in [0.15, 0.2) is 0 Å². The maximum Gasteiger partial charge on any atom is 0.0675 e. The molecule has 0 bridgehead atoms. The lowest BCUT2D eigenvalue weighted by atomic mass is 9.71. The zero-order chi connectivity index (χ0) is 13.2. The molecule has 0 aromatic heterocycles. The van der Waals surface area contributed by atoms with Gasteiger partial charge in [-0.1, -0.05) is 6.92 Å². The van der Waals surface area contributed by atoms with Crippen molar-refractivity contribution in [1.82, 2.24) is 4.90 Å². The smallest absolute Gasteiger partial charge is 0.0675 e. The van der Waals surface area contributed by atoms with E-state index in [1.54, 1.807) is 0 Å². The van der Waals surface area contributed by atoms with E-state index in [0.717, 1.165) is 45.6 Å². The second-order valence-electron chi connectivity index (χ2n) is 5.77. The summed E-state index contributed by atoms with van der Waals surface area (Å²) in [4.78, 5) is 2.61. The highest BCUT2D eigenvalue weighted by atomic mass is 16.5. The highest BCUT2D eigenvalue weighted by Gasteiger charge is 2.51. The highest BCUT2D eigenvalue weighted by Crippen LogP contribution is 2.41. The molecular formula is C14H28N2O2. The topological polar surface area (TPSA) is 47.7 Å². The van der Waals surface area contributed by atoms with Gasteiger partial charge in [0, 0.05) is 31.3 Å². The minimum Gasteiger partial charge on any atom is -0.378 e. The van der Waals surface area contributed by atoms with Crippen LogP contribution >= 0.6 is 0 Å². The monoisotopic (exact) mass is 256 g/mol. The number of hydrogen-bond acceptors (Lipinski definition) is 4. The first-order chi connectivity index (χ1) is 8.65. The van der Waals surface area contributed by atoms with Crippen molar-refractivity contribution in [3.8, 4) is 0 Å². The van der Waals surface area contributed by atoms with Crippen LogP contribution in [0.2, 0.25) is 0 Å². The van der Waals surface area contributed by atoms with E-state index in [4.69, 9.17) is 15.2 Å². The van der Waals surface area contributed by atoms with Gasteiger partial charge in [0.25, 0.3) is 0 Å². The van der Waals surface area contributed by atoms with Crippen molar-refractivity contribution in [3.05, 3.63) is 0 Å². The number of ether oxygens (including phenoxy) is 2. The predicted octanol–water partition coefficient (Wildman–Crippen LogP) is 1.38. The summed E-state index contributed by atoms with van der Waals surface area (Å²) < 4.78 is 11.5. The summed E-state index contributed by atoms with van der Waals surface area (Å²) in [6, 6.07) is 0.521. The van der Waals surface area contributed by atoms with Gasteiger partial charge < -0.3 is 15.2 Å². The van der Waals surface area contributed by atoms with Gasteiger partial charge in [0.1, 0.15) is 0 Å². The molecule has 2 fully saturated rings. The van der Waals surface area contributed by atoms with Crippen molar-refractivity contribution in [2.45, 2.75) is 63.8 Å². The Balaban J connectivity index is 2.02. The molecule has 2 unspecified atom stereocenters. The first kappa shape index (κ1) is 14.3. The minimum absolute atomic E-state index is 0.165. The van der Waals surface area contributed by atoms with E-state index in [9.17, 15) is 0 Å². The van der Waals surface area contributed by atoms with Gasteiger partial charge in [0.05, 0.1) is 18.8 Å². The summed E-state index contributed by atoms with van der Waals surface area (Å²) >= 11 is 0. The molecule has 18 heavy (non-hydrogen) atoms. The second-order valence-corrected chi connectivity index (χ2v) is 5.77. The van der Waals surface area contributed by atoms with Crippen molar-refractivity contribution in [3.63, 3.8) is 0 Å². The average molecular weight is 256 g/mol. The van der Waals surface area contributed by atoms with E-state index in [0.29, 0.717) is 18.2 Å². The molecule has 1 heterocycles. The van der Waals surface area contributed by atoms with E-state index >= 15 is 0 Å². The Bertz CT molecular complexity index is 267. The molecule has 1 aliphatic heterocycles. The molecule has 1 aliphatic carbocycles. The molecule has 4 heteroatoms. The van der Waals surface area contributed by atoms with Crippen LogP contribution in [0.5, 0.6) is 0 Å². The Morgan fingerprint density at radius 3 is 2.67 bits per heavy atom.